The SMILES string of the molecule is CCN1C(=O)C(Cc2cccc(F)c2)Oc2ccc(O)cc21. The van der Waals surface area contributed by atoms with E-state index in [1.54, 1.807) is 23.1 Å². The molecule has 1 aliphatic rings. The summed E-state index contributed by atoms with van der Waals surface area (Å²) < 4.78 is 19.0. The zero-order valence-electron chi connectivity index (χ0n) is 12.1. The minimum absolute atomic E-state index is 0.0807. The molecule has 114 valence electrons. The number of anilines is 1. The van der Waals surface area contributed by atoms with Gasteiger partial charge in [-0.2, -0.15) is 0 Å². The highest BCUT2D eigenvalue weighted by Crippen LogP contribution is 2.37. The highest BCUT2D eigenvalue weighted by molar-refractivity contribution is 6.00. The van der Waals surface area contributed by atoms with Crippen molar-refractivity contribution in [2.24, 2.45) is 0 Å². The summed E-state index contributed by atoms with van der Waals surface area (Å²) in [5.74, 6) is 0.0983. The van der Waals surface area contributed by atoms with Crippen molar-refractivity contribution in [1.82, 2.24) is 0 Å². The lowest BCUT2D eigenvalue weighted by atomic mass is 10.0. The molecular formula is C17H16FNO3. The van der Waals surface area contributed by atoms with Crippen LogP contribution in [0, 0.1) is 5.82 Å². The molecule has 0 radical (unpaired) electrons. The van der Waals surface area contributed by atoms with Crippen molar-refractivity contribution in [3.63, 3.8) is 0 Å². The monoisotopic (exact) mass is 301 g/mol. The third-order valence-electron chi connectivity index (χ3n) is 3.67. The molecule has 0 aliphatic carbocycles. The molecule has 4 nitrogen and oxygen atoms in total. The first-order valence-corrected chi connectivity index (χ1v) is 7.14. The molecule has 2 aromatic rings. The van der Waals surface area contributed by atoms with Gasteiger partial charge in [0.05, 0.1) is 5.69 Å². The second-order valence-corrected chi connectivity index (χ2v) is 5.18. The fourth-order valence-electron chi connectivity index (χ4n) is 2.65. The second kappa shape index (κ2) is 5.67. The molecule has 0 fully saturated rings. The number of fused-ring (bicyclic) bond motifs is 1. The summed E-state index contributed by atoms with van der Waals surface area (Å²) in [6.45, 7) is 2.33. The first-order valence-electron chi connectivity index (χ1n) is 7.14. The minimum Gasteiger partial charge on any atom is -0.508 e. The third kappa shape index (κ3) is 2.62. The molecule has 0 spiro atoms. The maximum absolute atomic E-state index is 13.3. The number of hydrogen-bond donors (Lipinski definition) is 1. The van der Waals surface area contributed by atoms with E-state index >= 15 is 0 Å². The van der Waals surface area contributed by atoms with Crippen molar-refractivity contribution in [1.29, 1.82) is 0 Å². The fraction of sp³-hybridized carbons (Fsp3) is 0.235. The molecule has 1 unspecified atom stereocenters. The molecule has 1 amide bonds. The maximum atomic E-state index is 13.3. The molecule has 1 atom stereocenters. The van der Waals surface area contributed by atoms with E-state index in [1.807, 2.05) is 6.92 Å². The van der Waals surface area contributed by atoms with Crippen LogP contribution in [0.2, 0.25) is 0 Å². The number of nitrogens with zero attached hydrogens (tertiary/aromatic N) is 1. The number of carbonyl (C=O) groups is 1. The Morgan fingerprint density at radius 2 is 2.09 bits per heavy atom. The van der Waals surface area contributed by atoms with Gasteiger partial charge in [-0.05, 0) is 36.8 Å². The topological polar surface area (TPSA) is 49.8 Å². The Hall–Kier alpha value is -2.56. The van der Waals surface area contributed by atoms with Crippen molar-refractivity contribution in [2.45, 2.75) is 19.4 Å². The van der Waals surface area contributed by atoms with Gasteiger partial charge in [0.15, 0.2) is 6.10 Å². The standard InChI is InChI=1S/C17H16FNO3/c1-2-19-14-10-13(20)6-7-15(14)22-16(17(19)21)9-11-4-3-5-12(18)8-11/h3-8,10,16,20H,2,9H2,1H3. The summed E-state index contributed by atoms with van der Waals surface area (Å²) in [5, 5.41) is 9.58. The van der Waals surface area contributed by atoms with E-state index in [0.717, 1.165) is 0 Å². The van der Waals surface area contributed by atoms with Crippen LogP contribution in [0.3, 0.4) is 0 Å². The van der Waals surface area contributed by atoms with Gasteiger partial charge >= 0.3 is 0 Å². The van der Waals surface area contributed by atoms with Gasteiger partial charge in [-0.3, -0.25) is 4.79 Å². The Morgan fingerprint density at radius 1 is 1.27 bits per heavy atom. The first-order chi connectivity index (χ1) is 10.6. The fourth-order valence-corrected chi connectivity index (χ4v) is 2.65. The summed E-state index contributed by atoms with van der Waals surface area (Å²) in [7, 11) is 0. The Bertz CT molecular complexity index is 717. The molecule has 2 aromatic carbocycles. The lowest BCUT2D eigenvalue weighted by molar-refractivity contribution is -0.126. The van der Waals surface area contributed by atoms with Crippen molar-refractivity contribution >= 4 is 11.6 Å². The van der Waals surface area contributed by atoms with E-state index in [2.05, 4.69) is 0 Å². The van der Waals surface area contributed by atoms with E-state index in [-0.39, 0.29) is 17.5 Å². The van der Waals surface area contributed by atoms with E-state index in [9.17, 15) is 14.3 Å². The molecule has 1 aliphatic heterocycles. The molecule has 3 rings (SSSR count). The Labute approximate surface area is 127 Å². The van der Waals surface area contributed by atoms with Crippen LogP contribution in [-0.4, -0.2) is 23.7 Å². The second-order valence-electron chi connectivity index (χ2n) is 5.18. The highest BCUT2D eigenvalue weighted by atomic mass is 19.1. The van der Waals surface area contributed by atoms with E-state index in [4.69, 9.17) is 4.74 Å². The van der Waals surface area contributed by atoms with Gasteiger partial charge in [0.25, 0.3) is 5.91 Å². The number of amides is 1. The lowest BCUT2D eigenvalue weighted by Crippen LogP contribution is -2.46. The number of likely N-dealkylation sites (N-methyl/N-ethyl adjacent to an activating group) is 1. The van der Waals surface area contributed by atoms with Crippen LogP contribution in [0.15, 0.2) is 42.5 Å². The molecule has 5 heteroatoms. The van der Waals surface area contributed by atoms with Crippen LogP contribution in [0.1, 0.15) is 12.5 Å². The average molecular weight is 301 g/mol. The number of aromatic hydroxyl groups is 1. The van der Waals surface area contributed by atoms with Gasteiger partial charge in [0.2, 0.25) is 0 Å². The molecule has 22 heavy (non-hydrogen) atoms. The maximum Gasteiger partial charge on any atom is 0.268 e. The molecule has 0 bridgehead atoms. The summed E-state index contributed by atoms with van der Waals surface area (Å²) in [4.78, 5) is 14.1. The number of rotatable bonds is 3. The Kier molecular flexibility index (Phi) is 3.71. The van der Waals surface area contributed by atoms with Gasteiger partial charge in [-0.15, -0.1) is 0 Å². The van der Waals surface area contributed by atoms with Crippen LogP contribution in [0.4, 0.5) is 10.1 Å². The lowest BCUT2D eigenvalue weighted by Gasteiger charge is -2.33. The van der Waals surface area contributed by atoms with Gasteiger partial charge in [-0.25, -0.2) is 4.39 Å². The van der Waals surface area contributed by atoms with Gasteiger partial charge < -0.3 is 14.7 Å². The van der Waals surface area contributed by atoms with Gasteiger partial charge in [0, 0.05) is 19.0 Å². The minimum atomic E-state index is -0.696. The van der Waals surface area contributed by atoms with Crippen LogP contribution in [-0.2, 0) is 11.2 Å². The van der Waals surface area contributed by atoms with Crippen molar-refractivity contribution < 1.29 is 19.0 Å². The van der Waals surface area contributed by atoms with Crippen molar-refractivity contribution in [3.8, 4) is 11.5 Å². The molecular weight excluding hydrogens is 285 g/mol. The van der Waals surface area contributed by atoms with Crippen LogP contribution < -0.4 is 9.64 Å². The number of phenols is 1. The Morgan fingerprint density at radius 3 is 2.82 bits per heavy atom. The third-order valence-corrected chi connectivity index (χ3v) is 3.67. The summed E-state index contributed by atoms with van der Waals surface area (Å²) in [5.41, 5.74) is 1.26. The number of phenolic OH excluding ortho intramolecular Hbond substituents is 1. The smallest absolute Gasteiger partial charge is 0.268 e. The zero-order chi connectivity index (χ0) is 15.7. The number of benzene rings is 2. The summed E-state index contributed by atoms with van der Waals surface area (Å²) >= 11 is 0. The Balaban J connectivity index is 1.91. The number of halogens is 1. The normalized spacial score (nSPS) is 17.1. The molecule has 1 N–H and O–H groups in total. The largest absolute Gasteiger partial charge is 0.508 e. The average Bonchev–Trinajstić information content (AvgIpc) is 2.49. The van der Waals surface area contributed by atoms with E-state index in [0.29, 0.717) is 30.0 Å². The molecule has 1 heterocycles. The molecule has 0 saturated carbocycles. The summed E-state index contributed by atoms with van der Waals surface area (Å²) in [6.07, 6.45) is -0.397. The van der Waals surface area contributed by atoms with Crippen molar-refractivity contribution in [2.75, 3.05) is 11.4 Å². The number of ether oxygens (including phenoxy) is 1. The van der Waals surface area contributed by atoms with Crippen molar-refractivity contribution in [3.05, 3.63) is 53.8 Å². The predicted octanol–water partition coefficient (Wildman–Crippen LogP) is 2.89. The van der Waals surface area contributed by atoms with Gasteiger partial charge in [0.1, 0.15) is 17.3 Å². The van der Waals surface area contributed by atoms with E-state index in [1.165, 1.54) is 24.3 Å². The number of hydrogen-bond acceptors (Lipinski definition) is 3. The number of carbonyl (C=O) groups excluding carboxylic acids is 1. The van der Waals surface area contributed by atoms with Crippen LogP contribution in [0.25, 0.3) is 0 Å². The van der Waals surface area contributed by atoms with Crippen LogP contribution >= 0.6 is 0 Å². The summed E-state index contributed by atoms with van der Waals surface area (Å²) in [6, 6.07) is 10.8. The predicted molar refractivity (Wildman–Crippen MR) is 80.7 cm³/mol. The quantitative estimate of drug-likeness (QED) is 0.948. The van der Waals surface area contributed by atoms with E-state index < -0.39 is 6.10 Å². The van der Waals surface area contributed by atoms with Crippen LogP contribution in [0.5, 0.6) is 11.5 Å². The first kappa shape index (κ1) is 14.4. The molecule has 0 aromatic heterocycles. The highest BCUT2D eigenvalue weighted by Gasteiger charge is 2.33. The van der Waals surface area contributed by atoms with Gasteiger partial charge in [-0.1, -0.05) is 12.1 Å². The zero-order valence-corrected chi connectivity index (χ0v) is 12.1. The molecule has 0 saturated heterocycles.